The lowest BCUT2D eigenvalue weighted by Gasteiger charge is -2.04. The molecule has 0 saturated carbocycles. The Bertz CT molecular complexity index is 450. The van der Waals surface area contributed by atoms with Crippen LogP contribution >= 0.6 is 0 Å². The number of fused-ring (bicyclic) bond motifs is 1. The summed E-state index contributed by atoms with van der Waals surface area (Å²) in [5.41, 5.74) is 1.42. The average molecular weight is 193 g/mol. The Morgan fingerprint density at radius 2 is 2.21 bits per heavy atom. The first-order valence-electron chi connectivity index (χ1n) is 4.27. The van der Waals surface area contributed by atoms with Crippen molar-refractivity contribution in [2.75, 3.05) is 7.11 Å². The molecule has 74 valence electrons. The molecule has 1 N–H and O–H groups in total. The van der Waals surface area contributed by atoms with Crippen LogP contribution in [0, 0.1) is 0 Å². The van der Waals surface area contributed by atoms with E-state index in [1.54, 1.807) is 37.0 Å². The summed E-state index contributed by atoms with van der Waals surface area (Å²) in [4.78, 5) is 8.11. The second-order valence-corrected chi connectivity index (χ2v) is 3.02. The van der Waals surface area contributed by atoms with E-state index in [0.717, 1.165) is 5.69 Å². The molecule has 0 aliphatic heterocycles. The van der Waals surface area contributed by atoms with Crippen LogP contribution in [0.3, 0.4) is 0 Å². The summed E-state index contributed by atoms with van der Waals surface area (Å²) in [6, 6.07) is 0. The molecule has 2 rings (SSSR count). The van der Waals surface area contributed by atoms with Gasteiger partial charge in [-0.15, -0.1) is 0 Å². The largest absolute Gasteiger partial charge is 0.480 e. The standard InChI is InChI=1S/C9H11N3O2/c1-6(13)7-3-10-8-4-11-9(14-2)5-12(7)8/h3-6,13H,1-2H3. The van der Waals surface area contributed by atoms with Gasteiger partial charge in [0.2, 0.25) is 5.88 Å². The molecule has 1 unspecified atom stereocenters. The van der Waals surface area contributed by atoms with E-state index in [0.29, 0.717) is 11.5 Å². The van der Waals surface area contributed by atoms with Gasteiger partial charge in [0.1, 0.15) is 0 Å². The number of aliphatic hydroxyl groups is 1. The number of hydrogen-bond acceptors (Lipinski definition) is 4. The number of nitrogens with zero attached hydrogens (tertiary/aromatic N) is 3. The molecule has 0 amide bonds. The minimum Gasteiger partial charge on any atom is -0.480 e. The molecule has 5 nitrogen and oxygen atoms in total. The minimum absolute atomic E-state index is 0.498. The van der Waals surface area contributed by atoms with Gasteiger partial charge in [-0.1, -0.05) is 0 Å². The Morgan fingerprint density at radius 1 is 1.43 bits per heavy atom. The summed E-state index contributed by atoms with van der Waals surface area (Å²) in [6.45, 7) is 1.69. The number of hydrogen-bond donors (Lipinski definition) is 1. The topological polar surface area (TPSA) is 59.7 Å². The molecule has 0 aliphatic rings. The van der Waals surface area contributed by atoms with E-state index in [4.69, 9.17) is 4.74 Å². The summed E-state index contributed by atoms with van der Waals surface area (Å²) >= 11 is 0. The molecule has 0 aliphatic carbocycles. The zero-order valence-electron chi connectivity index (χ0n) is 8.01. The van der Waals surface area contributed by atoms with Crippen LogP contribution in [0.5, 0.6) is 5.88 Å². The van der Waals surface area contributed by atoms with Gasteiger partial charge in [0.25, 0.3) is 0 Å². The molecule has 0 spiro atoms. The lowest BCUT2D eigenvalue weighted by atomic mass is 10.3. The van der Waals surface area contributed by atoms with E-state index in [2.05, 4.69) is 9.97 Å². The Labute approximate surface area is 81.0 Å². The van der Waals surface area contributed by atoms with Gasteiger partial charge in [-0.3, -0.25) is 4.40 Å². The minimum atomic E-state index is -0.558. The van der Waals surface area contributed by atoms with Gasteiger partial charge < -0.3 is 9.84 Å². The summed E-state index contributed by atoms with van der Waals surface area (Å²) in [5, 5.41) is 9.45. The SMILES string of the molecule is COc1cn2c(C(C)O)cnc2cn1. The second kappa shape index (κ2) is 3.26. The molecule has 5 heteroatoms. The summed E-state index contributed by atoms with van der Waals surface area (Å²) in [5.74, 6) is 0.498. The van der Waals surface area contributed by atoms with Crippen LogP contribution in [0.25, 0.3) is 5.65 Å². The molecular weight excluding hydrogens is 182 g/mol. The zero-order valence-corrected chi connectivity index (χ0v) is 8.01. The zero-order chi connectivity index (χ0) is 10.1. The van der Waals surface area contributed by atoms with Gasteiger partial charge in [0.05, 0.1) is 37.5 Å². The van der Waals surface area contributed by atoms with Gasteiger partial charge in [0.15, 0.2) is 5.65 Å². The average Bonchev–Trinajstić information content (AvgIpc) is 2.59. The van der Waals surface area contributed by atoms with E-state index >= 15 is 0 Å². The van der Waals surface area contributed by atoms with Crippen molar-refractivity contribution < 1.29 is 9.84 Å². The smallest absolute Gasteiger partial charge is 0.230 e. The predicted octanol–water partition coefficient (Wildman–Crippen LogP) is 0.791. The van der Waals surface area contributed by atoms with Gasteiger partial charge >= 0.3 is 0 Å². The lowest BCUT2D eigenvalue weighted by molar-refractivity contribution is 0.193. The Hall–Kier alpha value is -1.62. The van der Waals surface area contributed by atoms with Crippen LogP contribution in [0.2, 0.25) is 0 Å². The van der Waals surface area contributed by atoms with E-state index < -0.39 is 6.10 Å². The van der Waals surface area contributed by atoms with Crippen molar-refractivity contribution in [3.8, 4) is 5.88 Å². The van der Waals surface area contributed by atoms with E-state index in [9.17, 15) is 5.11 Å². The van der Waals surface area contributed by atoms with Crippen LogP contribution in [0.15, 0.2) is 18.6 Å². The maximum atomic E-state index is 9.45. The highest BCUT2D eigenvalue weighted by molar-refractivity contribution is 5.39. The van der Waals surface area contributed by atoms with E-state index in [-0.39, 0.29) is 0 Å². The summed E-state index contributed by atoms with van der Waals surface area (Å²) in [6.07, 6.45) is 4.37. The number of imidazole rings is 1. The van der Waals surface area contributed by atoms with Crippen molar-refractivity contribution in [2.24, 2.45) is 0 Å². The van der Waals surface area contributed by atoms with Crippen molar-refractivity contribution in [2.45, 2.75) is 13.0 Å². The molecule has 0 bridgehead atoms. The number of rotatable bonds is 2. The van der Waals surface area contributed by atoms with Crippen LogP contribution in [0.4, 0.5) is 0 Å². The number of aliphatic hydroxyl groups excluding tert-OH is 1. The maximum absolute atomic E-state index is 9.45. The Morgan fingerprint density at radius 3 is 2.86 bits per heavy atom. The molecule has 0 aromatic carbocycles. The molecule has 1 atom stereocenters. The first-order chi connectivity index (χ1) is 6.72. The highest BCUT2D eigenvalue weighted by Gasteiger charge is 2.08. The fraction of sp³-hybridized carbons (Fsp3) is 0.333. The van der Waals surface area contributed by atoms with Crippen molar-refractivity contribution in [3.63, 3.8) is 0 Å². The van der Waals surface area contributed by atoms with Crippen LogP contribution < -0.4 is 4.74 Å². The number of aromatic nitrogens is 3. The molecule has 0 radical (unpaired) electrons. The highest BCUT2D eigenvalue weighted by Crippen LogP contribution is 2.16. The fourth-order valence-electron chi connectivity index (χ4n) is 1.30. The maximum Gasteiger partial charge on any atom is 0.230 e. The molecule has 0 fully saturated rings. The first-order valence-corrected chi connectivity index (χ1v) is 4.27. The Balaban J connectivity index is 2.63. The molecule has 2 aromatic rings. The molecule has 2 aromatic heterocycles. The summed E-state index contributed by atoms with van der Waals surface area (Å²) < 4.78 is 6.75. The Kier molecular flexibility index (Phi) is 2.09. The molecule has 2 heterocycles. The number of methoxy groups -OCH3 is 1. The summed E-state index contributed by atoms with van der Waals surface area (Å²) in [7, 11) is 1.55. The highest BCUT2D eigenvalue weighted by atomic mass is 16.5. The van der Waals surface area contributed by atoms with Crippen molar-refractivity contribution in [1.82, 2.24) is 14.4 Å². The van der Waals surface area contributed by atoms with Gasteiger partial charge in [-0.25, -0.2) is 9.97 Å². The lowest BCUT2D eigenvalue weighted by Crippen LogP contribution is -1.99. The quantitative estimate of drug-likeness (QED) is 0.766. The van der Waals surface area contributed by atoms with Gasteiger partial charge in [-0.2, -0.15) is 0 Å². The van der Waals surface area contributed by atoms with E-state index in [1.165, 1.54) is 0 Å². The van der Waals surface area contributed by atoms with Crippen LogP contribution in [-0.4, -0.2) is 26.6 Å². The van der Waals surface area contributed by atoms with Crippen LogP contribution in [0.1, 0.15) is 18.7 Å². The van der Waals surface area contributed by atoms with Crippen molar-refractivity contribution in [3.05, 3.63) is 24.3 Å². The predicted molar refractivity (Wildman–Crippen MR) is 50.2 cm³/mol. The van der Waals surface area contributed by atoms with Gasteiger partial charge in [0, 0.05) is 0 Å². The molecular formula is C9H11N3O2. The molecule has 14 heavy (non-hydrogen) atoms. The third-order valence-electron chi connectivity index (χ3n) is 2.04. The first kappa shape index (κ1) is 8.96. The molecule has 0 saturated heterocycles. The third kappa shape index (κ3) is 1.31. The second-order valence-electron chi connectivity index (χ2n) is 3.02. The monoisotopic (exact) mass is 193 g/mol. The van der Waals surface area contributed by atoms with E-state index in [1.807, 2.05) is 0 Å². The fourth-order valence-corrected chi connectivity index (χ4v) is 1.30. The number of ether oxygens (including phenoxy) is 1. The van der Waals surface area contributed by atoms with Crippen molar-refractivity contribution >= 4 is 5.65 Å². The van der Waals surface area contributed by atoms with Gasteiger partial charge in [-0.05, 0) is 6.92 Å². The third-order valence-corrected chi connectivity index (χ3v) is 2.04. The van der Waals surface area contributed by atoms with Crippen LogP contribution in [-0.2, 0) is 0 Å². The normalized spacial score (nSPS) is 13.1. The van der Waals surface area contributed by atoms with Crippen molar-refractivity contribution in [1.29, 1.82) is 0 Å².